The maximum atomic E-state index is 11.9. The van der Waals surface area contributed by atoms with E-state index >= 15 is 0 Å². The quantitative estimate of drug-likeness (QED) is 0.908. The first-order valence-corrected chi connectivity index (χ1v) is 7.11. The molecule has 1 aromatic carbocycles. The van der Waals surface area contributed by atoms with E-state index in [1.165, 1.54) is 0 Å². The summed E-state index contributed by atoms with van der Waals surface area (Å²) in [4.78, 5) is 14.7. The molecule has 0 aliphatic heterocycles. The van der Waals surface area contributed by atoms with Crippen LogP contribution in [0, 0.1) is 13.8 Å². The molecule has 4 heteroatoms. The van der Waals surface area contributed by atoms with Crippen molar-refractivity contribution >= 4 is 5.69 Å². The lowest BCUT2D eigenvalue weighted by Crippen LogP contribution is -2.19. The van der Waals surface area contributed by atoms with Gasteiger partial charge in [-0.25, -0.2) is 0 Å². The number of methoxy groups -OCH3 is 1. The minimum Gasteiger partial charge on any atom is -0.496 e. The molecule has 0 spiro atoms. The van der Waals surface area contributed by atoms with Crippen LogP contribution in [0.1, 0.15) is 34.9 Å². The fourth-order valence-corrected chi connectivity index (χ4v) is 2.77. The van der Waals surface area contributed by atoms with Crippen molar-refractivity contribution in [2.45, 2.75) is 33.6 Å². The standard InChI is InChI=1S/C17H22N2O2/c1-5-13-11(3)19-17(20)16(18)14(13)9-12-6-7-15(21-4)10(2)8-12/h6-8H,5,9,18H2,1-4H3,(H,19,20). The van der Waals surface area contributed by atoms with Crippen molar-refractivity contribution in [3.8, 4) is 5.75 Å². The van der Waals surface area contributed by atoms with Crippen LogP contribution in [0.5, 0.6) is 5.75 Å². The van der Waals surface area contributed by atoms with Crippen LogP contribution >= 0.6 is 0 Å². The second-order valence-electron chi connectivity index (χ2n) is 5.28. The highest BCUT2D eigenvalue weighted by atomic mass is 16.5. The smallest absolute Gasteiger partial charge is 0.271 e. The van der Waals surface area contributed by atoms with Gasteiger partial charge in [-0.3, -0.25) is 4.79 Å². The van der Waals surface area contributed by atoms with Gasteiger partial charge in [0.05, 0.1) is 7.11 Å². The lowest BCUT2D eigenvalue weighted by molar-refractivity contribution is 0.411. The van der Waals surface area contributed by atoms with Gasteiger partial charge in [0.1, 0.15) is 11.4 Å². The van der Waals surface area contributed by atoms with Crippen molar-refractivity contribution in [3.63, 3.8) is 0 Å². The van der Waals surface area contributed by atoms with E-state index in [-0.39, 0.29) is 5.56 Å². The molecule has 1 heterocycles. The Labute approximate surface area is 125 Å². The second kappa shape index (κ2) is 6.04. The van der Waals surface area contributed by atoms with Crippen molar-refractivity contribution in [3.05, 3.63) is 56.5 Å². The molecule has 3 N–H and O–H groups in total. The number of ether oxygens (including phenoxy) is 1. The lowest BCUT2D eigenvalue weighted by atomic mass is 9.95. The maximum Gasteiger partial charge on any atom is 0.271 e. The number of aromatic amines is 1. The predicted octanol–water partition coefficient (Wildman–Crippen LogP) is 2.74. The van der Waals surface area contributed by atoms with Crippen molar-refractivity contribution < 1.29 is 4.74 Å². The van der Waals surface area contributed by atoms with Gasteiger partial charge in [0.2, 0.25) is 0 Å². The topological polar surface area (TPSA) is 68.1 Å². The van der Waals surface area contributed by atoms with E-state index in [2.05, 4.69) is 18.0 Å². The summed E-state index contributed by atoms with van der Waals surface area (Å²) in [5.74, 6) is 0.865. The highest BCUT2D eigenvalue weighted by Gasteiger charge is 2.13. The van der Waals surface area contributed by atoms with E-state index in [9.17, 15) is 4.79 Å². The highest BCUT2D eigenvalue weighted by Crippen LogP contribution is 2.24. The molecule has 1 aromatic heterocycles. The molecule has 0 radical (unpaired) electrons. The molecular weight excluding hydrogens is 264 g/mol. The molecule has 112 valence electrons. The number of rotatable bonds is 4. The molecule has 0 amide bonds. The number of pyridine rings is 1. The summed E-state index contributed by atoms with van der Waals surface area (Å²) in [7, 11) is 1.66. The summed E-state index contributed by atoms with van der Waals surface area (Å²) in [6.07, 6.45) is 1.50. The first-order chi connectivity index (χ1) is 9.97. The molecule has 21 heavy (non-hydrogen) atoms. The fraction of sp³-hybridized carbons (Fsp3) is 0.353. The van der Waals surface area contributed by atoms with Crippen molar-refractivity contribution in [2.75, 3.05) is 12.8 Å². The zero-order valence-corrected chi connectivity index (χ0v) is 13.0. The molecule has 2 rings (SSSR count). The van der Waals surface area contributed by atoms with E-state index in [4.69, 9.17) is 10.5 Å². The van der Waals surface area contributed by atoms with Gasteiger partial charge in [-0.05, 0) is 48.6 Å². The largest absolute Gasteiger partial charge is 0.496 e. The molecule has 2 aromatic rings. The number of nitrogens with two attached hydrogens (primary N) is 1. The van der Waals surface area contributed by atoms with Crippen LogP contribution in [-0.2, 0) is 12.8 Å². The normalized spacial score (nSPS) is 10.7. The Morgan fingerprint density at radius 3 is 2.52 bits per heavy atom. The molecule has 0 fully saturated rings. The zero-order chi connectivity index (χ0) is 15.6. The Morgan fingerprint density at radius 2 is 1.95 bits per heavy atom. The van der Waals surface area contributed by atoms with Crippen molar-refractivity contribution in [1.82, 2.24) is 4.98 Å². The molecule has 0 saturated carbocycles. The minimum atomic E-state index is -0.204. The van der Waals surface area contributed by atoms with E-state index < -0.39 is 0 Å². The fourth-order valence-electron chi connectivity index (χ4n) is 2.77. The first-order valence-electron chi connectivity index (χ1n) is 7.11. The molecule has 0 aliphatic carbocycles. The van der Waals surface area contributed by atoms with Crippen LogP contribution in [0.15, 0.2) is 23.0 Å². The number of nitrogens with one attached hydrogen (secondary N) is 1. The molecule has 4 nitrogen and oxygen atoms in total. The Bertz CT molecular complexity index is 717. The second-order valence-corrected chi connectivity index (χ2v) is 5.28. The van der Waals surface area contributed by atoms with E-state index in [1.807, 2.05) is 26.0 Å². The van der Waals surface area contributed by atoms with Crippen molar-refractivity contribution in [2.24, 2.45) is 0 Å². The molecule has 0 unspecified atom stereocenters. The molecule has 0 atom stereocenters. The van der Waals surface area contributed by atoms with Crippen LogP contribution in [0.25, 0.3) is 0 Å². The van der Waals surface area contributed by atoms with Gasteiger partial charge in [-0.2, -0.15) is 0 Å². The van der Waals surface area contributed by atoms with Gasteiger partial charge < -0.3 is 15.5 Å². The van der Waals surface area contributed by atoms with Crippen LogP contribution < -0.4 is 16.0 Å². The average Bonchev–Trinajstić information content (AvgIpc) is 2.45. The van der Waals surface area contributed by atoms with E-state index in [0.717, 1.165) is 40.1 Å². The molecule has 0 aliphatic rings. The summed E-state index contributed by atoms with van der Waals surface area (Å²) in [5, 5.41) is 0. The summed E-state index contributed by atoms with van der Waals surface area (Å²) in [6.45, 7) is 6.00. The van der Waals surface area contributed by atoms with Gasteiger partial charge in [0.25, 0.3) is 5.56 Å². The zero-order valence-electron chi connectivity index (χ0n) is 13.0. The van der Waals surface area contributed by atoms with Gasteiger partial charge in [0, 0.05) is 12.1 Å². The number of benzene rings is 1. The highest BCUT2D eigenvalue weighted by molar-refractivity contribution is 5.53. The third-order valence-corrected chi connectivity index (χ3v) is 3.88. The van der Waals surface area contributed by atoms with Crippen LogP contribution in [0.3, 0.4) is 0 Å². The monoisotopic (exact) mass is 286 g/mol. The Morgan fingerprint density at radius 1 is 1.24 bits per heavy atom. The van der Waals surface area contributed by atoms with Gasteiger partial charge >= 0.3 is 0 Å². The third kappa shape index (κ3) is 2.94. The van der Waals surface area contributed by atoms with Crippen LogP contribution in [0.4, 0.5) is 5.69 Å². The van der Waals surface area contributed by atoms with Crippen LogP contribution in [0.2, 0.25) is 0 Å². The van der Waals surface area contributed by atoms with Gasteiger partial charge in [-0.15, -0.1) is 0 Å². The Hall–Kier alpha value is -2.23. The molecule has 0 saturated heterocycles. The number of aryl methyl sites for hydroxylation is 2. The third-order valence-electron chi connectivity index (χ3n) is 3.88. The number of hydrogen-bond donors (Lipinski definition) is 2. The molecular formula is C17H22N2O2. The lowest BCUT2D eigenvalue weighted by Gasteiger charge is -2.14. The summed E-state index contributed by atoms with van der Waals surface area (Å²) in [5.41, 5.74) is 11.3. The van der Waals surface area contributed by atoms with E-state index in [1.54, 1.807) is 7.11 Å². The van der Waals surface area contributed by atoms with Gasteiger partial charge in [0.15, 0.2) is 0 Å². The Balaban J connectivity index is 2.48. The summed E-state index contributed by atoms with van der Waals surface area (Å²) >= 11 is 0. The summed E-state index contributed by atoms with van der Waals surface area (Å²) < 4.78 is 5.28. The average molecular weight is 286 g/mol. The van der Waals surface area contributed by atoms with Gasteiger partial charge in [-0.1, -0.05) is 19.1 Å². The maximum absolute atomic E-state index is 11.9. The first kappa shape index (κ1) is 15.2. The SMILES string of the molecule is CCc1c(C)[nH]c(=O)c(N)c1Cc1ccc(OC)c(C)c1. The number of hydrogen-bond acceptors (Lipinski definition) is 3. The number of H-pyrrole nitrogens is 1. The minimum absolute atomic E-state index is 0.204. The Kier molecular flexibility index (Phi) is 4.36. The number of aromatic nitrogens is 1. The molecule has 0 bridgehead atoms. The van der Waals surface area contributed by atoms with Crippen molar-refractivity contribution in [1.29, 1.82) is 0 Å². The number of nitrogen functional groups attached to an aromatic ring is 1. The summed E-state index contributed by atoms with van der Waals surface area (Å²) in [6, 6.07) is 6.04. The predicted molar refractivity (Wildman–Crippen MR) is 86.1 cm³/mol. The van der Waals surface area contributed by atoms with Crippen LogP contribution in [-0.4, -0.2) is 12.1 Å². The van der Waals surface area contributed by atoms with E-state index in [0.29, 0.717) is 12.1 Å². The number of anilines is 1.